The number of carboxylic acid groups (broad SMARTS) is 1. The van der Waals surface area contributed by atoms with Gasteiger partial charge in [-0.2, -0.15) is 0 Å². The molecule has 4 amide bonds. The second kappa shape index (κ2) is 10.7. The number of aliphatic carboxylic acids is 1. The minimum atomic E-state index is -1.08. The summed E-state index contributed by atoms with van der Waals surface area (Å²) in [7, 11) is 0. The predicted molar refractivity (Wildman–Crippen MR) is 103 cm³/mol. The van der Waals surface area contributed by atoms with Crippen LogP contribution in [-0.4, -0.2) is 70.3 Å². The number of primary amides is 1. The highest BCUT2D eigenvalue weighted by Gasteiger charge is 2.37. The van der Waals surface area contributed by atoms with Gasteiger partial charge in [-0.1, -0.05) is 13.8 Å². The largest absolute Gasteiger partial charge is 0.480 e. The standard InChI is InChI=1S/C18H31N5O6/c1-9(2)14(22-15(25)11(19)6-7-13(20)24)16(26)21-10(3)17(27)23-8-4-5-12(23)18(28)29/h9-12,14H,4-8,19H2,1-3H3,(H2,20,24)(H,21,26)(H,22,25)(H,28,29). The number of nitrogens with two attached hydrogens (primary N) is 2. The zero-order valence-corrected chi connectivity index (χ0v) is 17.0. The van der Waals surface area contributed by atoms with E-state index in [1.807, 2.05) is 0 Å². The predicted octanol–water partition coefficient (Wildman–Crippen LogP) is -1.70. The lowest BCUT2D eigenvalue weighted by atomic mass is 10.0. The molecular formula is C18H31N5O6. The van der Waals surface area contributed by atoms with Crippen molar-refractivity contribution in [2.75, 3.05) is 6.54 Å². The summed E-state index contributed by atoms with van der Waals surface area (Å²) in [4.78, 5) is 60.7. The molecular weight excluding hydrogens is 382 g/mol. The molecule has 0 bridgehead atoms. The number of nitrogens with one attached hydrogen (secondary N) is 2. The fourth-order valence-corrected chi connectivity index (χ4v) is 3.12. The van der Waals surface area contributed by atoms with Crippen LogP contribution in [0.15, 0.2) is 0 Å². The molecule has 0 radical (unpaired) electrons. The third-order valence-electron chi connectivity index (χ3n) is 4.84. The Morgan fingerprint density at radius 2 is 1.72 bits per heavy atom. The number of hydrogen-bond acceptors (Lipinski definition) is 6. The summed E-state index contributed by atoms with van der Waals surface area (Å²) in [6.45, 7) is 5.21. The lowest BCUT2D eigenvalue weighted by Crippen LogP contribution is -2.57. The smallest absolute Gasteiger partial charge is 0.326 e. The maximum atomic E-state index is 12.6. The Hall–Kier alpha value is -2.69. The van der Waals surface area contributed by atoms with Crippen LogP contribution in [0.2, 0.25) is 0 Å². The van der Waals surface area contributed by atoms with Crippen molar-refractivity contribution in [1.29, 1.82) is 0 Å². The van der Waals surface area contributed by atoms with E-state index in [0.29, 0.717) is 19.4 Å². The molecule has 4 atom stereocenters. The zero-order chi connectivity index (χ0) is 22.3. The van der Waals surface area contributed by atoms with Crippen molar-refractivity contribution in [2.45, 2.75) is 70.6 Å². The summed E-state index contributed by atoms with van der Waals surface area (Å²) in [5, 5.41) is 14.3. The van der Waals surface area contributed by atoms with E-state index in [1.165, 1.54) is 11.8 Å². The van der Waals surface area contributed by atoms with Gasteiger partial charge in [-0.05, 0) is 32.1 Å². The Kier molecular flexibility index (Phi) is 9.02. The Balaban J connectivity index is 2.71. The van der Waals surface area contributed by atoms with Gasteiger partial charge in [0.1, 0.15) is 18.1 Å². The average Bonchev–Trinajstić information content (AvgIpc) is 3.12. The van der Waals surface area contributed by atoms with Crippen molar-refractivity contribution in [3.63, 3.8) is 0 Å². The van der Waals surface area contributed by atoms with Gasteiger partial charge in [0.25, 0.3) is 0 Å². The molecule has 1 fully saturated rings. The molecule has 0 aliphatic carbocycles. The molecule has 1 saturated heterocycles. The van der Waals surface area contributed by atoms with Crippen LogP contribution in [0.4, 0.5) is 0 Å². The van der Waals surface area contributed by atoms with Crippen LogP contribution in [-0.2, 0) is 24.0 Å². The molecule has 11 nitrogen and oxygen atoms in total. The van der Waals surface area contributed by atoms with Gasteiger partial charge in [0.05, 0.1) is 6.04 Å². The highest BCUT2D eigenvalue weighted by molar-refractivity contribution is 5.94. The molecule has 0 aromatic carbocycles. The van der Waals surface area contributed by atoms with E-state index in [4.69, 9.17) is 11.5 Å². The molecule has 1 aliphatic heterocycles. The Morgan fingerprint density at radius 3 is 2.24 bits per heavy atom. The average molecular weight is 413 g/mol. The first-order chi connectivity index (χ1) is 13.5. The molecule has 1 rings (SSSR count). The molecule has 7 N–H and O–H groups in total. The number of hydrogen-bond donors (Lipinski definition) is 5. The molecule has 11 heteroatoms. The quantitative estimate of drug-likeness (QED) is 0.282. The van der Waals surface area contributed by atoms with Crippen molar-refractivity contribution in [3.05, 3.63) is 0 Å². The zero-order valence-electron chi connectivity index (χ0n) is 17.0. The summed E-state index contributed by atoms with van der Waals surface area (Å²) >= 11 is 0. The topological polar surface area (TPSA) is 185 Å². The summed E-state index contributed by atoms with van der Waals surface area (Å²) < 4.78 is 0. The van der Waals surface area contributed by atoms with Gasteiger partial charge >= 0.3 is 5.97 Å². The second-order valence-electron chi connectivity index (χ2n) is 7.60. The van der Waals surface area contributed by atoms with E-state index in [0.717, 1.165) is 0 Å². The first-order valence-electron chi connectivity index (χ1n) is 9.63. The molecule has 29 heavy (non-hydrogen) atoms. The maximum absolute atomic E-state index is 12.6. The van der Waals surface area contributed by atoms with Crippen molar-refractivity contribution in [3.8, 4) is 0 Å². The molecule has 1 aliphatic rings. The Morgan fingerprint density at radius 1 is 1.10 bits per heavy atom. The SMILES string of the molecule is CC(NC(=O)C(NC(=O)C(N)CCC(N)=O)C(C)C)C(=O)N1CCCC1C(=O)O. The van der Waals surface area contributed by atoms with Crippen LogP contribution < -0.4 is 22.1 Å². The number of rotatable bonds is 10. The number of carbonyl (C=O) groups is 5. The first kappa shape index (κ1) is 24.3. The third kappa shape index (κ3) is 7.00. The van der Waals surface area contributed by atoms with Gasteiger partial charge in [0.2, 0.25) is 23.6 Å². The number of amides is 4. The maximum Gasteiger partial charge on any atom is 0.326 e. The molecule has 164 valence electrons. The van der Waals surface area contributed by atoms with Crippen LogP contribution in [0, 0.1) is 5.92 Å². The normalized spacial score (nSPS) is 19.3. The van der Waals surface area contributed by atoms with E-state index in [9.17, 15) is 29.1 Å². The van der Waals surface area contributed by atoms with Gasteiger partial charge in [0, 0.05) is 13.0 Å². The van der Waals surface area contributed by atoms with Crippen molar-refractivity contribution >= 4 is 29.6 Å². The van der Waals surface area contributed by atoms with Crippen molar-refractivity contribution in [1.82, 2.24) is 15.5 Å². The summed E-state index contributed by atoms with van der Waals surface area (Å²) in [5.74, 6) is -3.64. The first-order valence-corrected chi connectivity index (χ1v) is 9.63. The van der Waals surface area contributed by atoms with E-state index in [2.05, 4.69) is 10.6 Å². The highest BCUT2D eigenvalue weighted by atomic mass is 16.4. The summed E-state index contributed by atoms with van der Waals surface area (Å²) in [5.41, 5.74) is 10.8. The molecule has 1 heterocycles. The van der Waals surface area contributed by atoms with E-state index in [1.54, 1.807) is 13.8 Å². The van der Waals surface area contributed by atoms with Gasteiger partial charge in [0.15, 0.2) is 0 Å². The number of carbonyl (C=O) groups excluding carboxylic acids is 4. The summed E-state index contributed by atoms with van der Waals surface area (Å²) in [6.07, 6.45) is 0.945. The fraction of sp³-hybridized carbons (Fsp3) is 0.722. The molecule has 0 spiro atoms. The molecule has 0 saturated carbocycles. The third-order valence-corrected chi connectivity index (χ3v) is 4.84. The van der Waals surface area contributed by atoms with Crippen molar-refractivity contribution < 1.29 is 29.1 Å². The van der Waals surface area contributed by atoms with Gasteiger partial charge in [-0.25, -0.2) is 4.79 Å². The van der Waals surface area contributed by atoms with Gasteiger partial charge in [-0.3, -0.25) is 19.2 Å². The lowest BCUT2D eigenvalue weighted by Gasteiger charge is -2.28. The van der Waals surface area contributed by atoms with Gasteiger partial charge in [-0.15, -0.1) is 0 Å². The lowest BCUT2D eigenvalue weighted by molar-refractivity contribution is -0.149. The molecule has 0 aromatic heterocycles. The highest BCUT2D eigenvalue weighted by Crippen LogP contribution is 2.18. The van der Waals surface area contributed by atoms with Crippen LogP contribution in [0.3, 0.4) is 0 Å². The van der Waals surface area contributed by atoms with Crippen LogP contribution in [0.25, 0.3) is 0 Å². The minimum absolute atomic E-state index is 0.0496. The van der Waals surface area contributed by atoms with Crippen LogP contribution in [0.1, 0.15) is 46.5 Å². The van der Waals surface area contributed by atoms with E-state index in [-0.39, 0.29) is 18.8 Å². The van der Waals surface area contributed by atoms with E-state index >= 15 is 0 Å². The second-order valence-corrected chi connectivity index (χ2v) is 7.60. The number of likely N-dealkylation sites (tertiary alicyclic amines) is 1. The van der Waals surface area contributed by atoms with E-state index < -0.39 is 53.8 Å². The number of carboxylic acids is 1. The van der Waals surface area contributed by atoms with Crippen LogP contribution in [0.5, 0.6) is 0 Å². The molecule has 0 aromatic rings. The van der Waals surface area contributed by atoms with Gasteiger partial charge < -0.3 is 32.1 Å². The monoisotopic (exact) mass is 413 g/mol. The summed E-state index contributed by atoms with van der Waals surface area (Å²) in [6, 6.07) is -3.81. The minimum Gasteiger partial charge on any atom is -0.480 e. The fourth-order valence-electron chi connectivity index (χ4n) is 3.12. The Labute approximate surface area is 169 Å². The van der Waals surface area contributed by atoms with Crippen molar-refractivity contribution in [2.24, 2.45) is 17.4 Å². The molecule has 4 unspecified atom stereocenters. The Bertz CT molecular complexity index is 653. The van der Waals surface area contributed by atoms with Crippen LogP contribution >= 0.6 is 0 Å². The number of nitrogens with zero attached hydrogens (tertiary/aromatic N) is 1.